The Morgan fingerprint density at radius 3 is 2.92 bits per heavy atom. The lowest BCUT2D eigenvalue weighted by molar-refractivity contribution is -0.149. The molecule has 1 aromatic rings. The monoisotopic (exact) mass is 345 g/mol. The second-order valence-corrected chi connectivity index (χ2v) is 8.50. The molecule has 3 fully saturated rings. The van der Waals surface area contributed by atoms with Crippen molar-refractivity contribution < 1.29 is 4.79 Å². The van der Waals surface area contributed by atoms with Gasteiger partial charge in [0, 0.05) is 57.1 Å². The fourth-order valence-corrected chi connectivity index (χ4v) is 5.45. The largest absolute Gasteiger partial charge is 0.341 e. The molecule has 1 spiro atoms. The summed E-state index contributed by atoms with van der Waals surface area (Å²) in [6.07, 6.45) is 9.80. The number of nitrogens with zero attached hydrogens (tertiary/aromatic N) is 5. The maximum absolute atomic E-state index is 13.4. The van der Waals surface area contributed by atoms with E-state index in [0.717, 1.165) is 45.4 Å². The number of likely N-dealkylation sites (tertiary alicyclic amines) is 1. The van der Waals surface area contributed by atoms with E-state index in [1.165, 1.54) is 18.4 Å². The summed E-state index contributed by atoms with van der Waals surface area (Å²) >= 11 is 0. The summed E-state index contributed by atoms with van der Waals surface area (Å²) in [6.45, 7) is 3.70. The van der Waals surface area contributed by atoms with Gasteiger partial charge in [-0.3, -0.25) is 14.4 Å². The molecule has 6 nitrogen and oxygen atoms in total. The Balaban J connectivity index is 1.51. The van der Waals surface area contributed by atoms with Crippen molar-refractivity contribution in [3.05, 3.63) is 18.0 Å². The summed E-state index contributed by atoms with van der Waals surface area (Å²) in [5.41, 5.74) is 1.15. The third kappa shape index (κ3) is 2.89. The molecule has 138 valence electrons. The average Bonchev–Trinajstić information content (AvgIpc) is 3.24. The third-order valence-corrected chi connectivity index (χ3v) is 6.59. The van der Waals surface area contributed by atoms with E-state index in [1.54, 1.807) is 0 Å². The Kier molecular flexibility index (Phi) is 4.36. The van der Waals surface area contributed by atoms with Gasteiger partial charge in [0.1, 0.15) is 0 Å². The molecule has 4 rings (SSSR count). The van der Waals surface area contributed by atoms with Crippen molar-refractivity contribution in [2.24, 2.45) is 12.5 Å². The van der Waals surface area contributed by atoms with Crippen molar-refractivity contribution in [3.8, 4) is 0 Å². The zero-order valence-corrected chi connectivity index (χ0v) is 15.8. The van der Waals surface area contributed by atoms with Gasteiger partial charge in [0.05, 0.1) is 11.6 Å². The maximum atomic E-state index is 13.4. The minimum absolute atomic E-state index is 0.115. The number of carbonyl (C=O) groups is 1. The van der Waals surface area contributed by atoms with E-state index in [0.29, 0.717) is 18.0 Å². The summed E-state index contributed by atoms with van der Waals surface area (Å²) in [6, 6.07) is 0.996. The fourth-order valence-electron chi connectivity index (χ4n) is 5.45. The quantitative estimate of drug-likeness (QED) is 0.808. The van der Waals surface area contributed by atoms with Gasteiger partial charge in [0.15, 0.2) is 0 Å². The lowest BCUT2D eigenvalue weighted by Gasteiger charge is -2.44. The molecule has 0 aromatic carbocycles. The number of hydrogen-bond acceptors (Lipinski definition) is 4. The van der Waals surface area contributed by atoms with E-state index >= 15 is 0 Å². The summed E-state index contributed by atoms with van der Waals surface area (Å²) in [5, 5.41) is 4.31. The number of aromatic nitrogens is 2. The van der Waals surface area contributed by atoms with E-state index in [2.05, 4.69) is 40.1 Å². The van der Waals surface area contributed by atoms with Crippen LogP contribution in [0.2, 0.25) is 0 Å². The molecule has 1 aromatic heterocycles. The molecule has 0 N–H and O–H groups in total. The van der Waals surface area contributed by atoms with Crippen molar-refractivity contribution in [2.45, 2.75) is 50.7 Å². The van der Waals surface area contributed by atoms with Crippen LogP contribution in [0.25, 0.3) is 0 Å². The van der Waals surface area contributed by atoms with E-state index in [9.17, 15) is 4.79 Å². The Morgan fingerprint density at radius 2 is 2.20 bits per heavy atom. The molecular formula is C19H31N5O. The highest BCUT2D eigenvalue weighted by Crippen LogP contribution is 2.54. The number of hydrogen-bond donors (Lipinski definition) is 0. The summed E-state index contributed by atoms with van der Waals surface area (Å²) in [7, 11) is 6.13. The molecule has 6 heteroatoms. The Labute approximate surface area is 150 Å². The summed E-state index contributed by atoms with van der Waals surface area (Å²) in [5.74, 6) is 0.434. The first-order valence-electron chi connectivity index (χ1n) is 9.67. The van der Waals surface area contributed by atoms with Gasteiger partial charge >= 0.3 is 0 Å². The van der Waals surface area contributed by atoms with Crippen molar-refractivity contribution in [2.75, 3.05) is 33.7 Å². The van der Waals surface area contributed by atoms with E-state index in [-0.39, 0.29) is 5.41 Å². The van der Waals surface area contributed by atoms with Crippen LogP contribution in [0.15, 0.2) is 12.4 Å². The highest BCUT2D eigenvalue weighted by molar-refractivity contribution is 5.85. The predicted molar refractivity (Wildman–Crippen MR) is 97.0 cm³/mol. The Bertz CT molecular complexity index is 642. The molecule has 3 saturated heterocycles. The van der Waals surface area contributed by atoms with Crippen molar-refractivity contribution in [1.82, 2.24) is 24.5 Å². The van der Waals surface area contributed by atoms with Gasteiger partial charge in [0.2, 0.25) is 5.91 Å². The molecule has 0 radical (unpaired) electrons. The van der Waals surface area contributed by atoms with Crippen molar-refractivity contribution >= 4 is 5.91 Å². The number of rotatable bonds is 5. The lowest BCUT2D eigenvalue weighted by atomic mass is 9.68. The molecule has 0 aliphatic carbocycles. The standard InChI is InChI=1S/C19H31N5O/c1-21(2)9-10-23-8-4-7-19(18(23)25)11-16-5-6-17(19)24(16)14-15-12-20-22(3)13-15/h12-13,16-17H,4-11,14H2,1-3H3/t16?,17?,19-/m0/s1. The first kappa shape index (κ1) is 17.0. The maximum Gasteiger partial charge on any atom is 0.230 e. The van der Waals surface area contributed by atoms with Gasteiger partial charge in [-0.2, -0.15) is 5.10 Å². The van der Waals surface area contributed by atoms with Gasteiger partial charge in [-0.1, -0.05) is 0 Å². The SMILES string of the molecule is CN(C)CCN1CCC[C@@]2(CC3CCC2N3Cc2cnn(C)c2)C1=O. The van der Waals surface area contributed by atoms with Gasteiger partial charge in [-0.25, -0.2) is 0 Å². The molecule has 2 unspecified atom stereocenters. The molecule has 0 saturated carbocycles. The first-order chi connectivity index (χ1) is 12.0. The van der Waals surface area contributed by atoms with Crippen LogP contribution in [0, 0.1) is 5.41 Å². The minimum atomic E-state index is -0.115. The summed E-state index contributed by atoms with van der Waals surface area (Å²) < 4.78 is 1.87. The highest BCUT2D eigenvalue weighted by Gasteiger charge is 2.61. The molecule has 3 aliphatic heterocycles. The van der Waals surface area contributed by atoms with Crippen LogP contribution < -0.4 is 0 Å². The number of aryl methyl sites for hydroxylation is 1. The minimum Gasteiger partial charge on any atom is -0.341 e. The van der Waals surface area contributed by atoms with Crippen LogP contribution in [0.5, 0.6) is 0 Å². The van der Waals surface area contributed by atoms with Crippen LogP contribution in [0.1, 0.15) is 37.7 Å². The van der Waals surface area contributed by atoms with Crippen molar-refractivity contribution in [1.29, 1.82) is 0 Å². The normalized spacial score (nSPS) is 32.5. The van der Waals surface area contributed by atoms with Gasteiger partial charge < -0.3 is 9.80 Å². The molecule has 25 heavy (non-hydrogen) atoms. The van der Waals surface area contributed by atoms with E-state index in [4.69, 9.17) is 0 Å². The van der Waals surface area contributed by atoms with Crippen LogP contribution in [0.3, 0.4) is 0 Å². The molecule has 3 aliphatic rings. The third-order valence-electron chi connectivity index (χ3n) is 6.59. The van der Waals surface area contributed by atoms with Crippen LogP contribution in [-0.4, -0.2) is 76.2 Å². The number of fused-ring (bicyclic) bond motifs is 3. The lowest BCUT2D eigenvalue weighted by Crippen LogP contribution is -2.55. The molecule has 4 heterocycles. The Hall–Kier alpha value is -1.40. The number of piperidine rings is 1. The van der Waals surface area contributed by atoms with E-state index < -0.39 is 0 Å². The van der Waals surface area contributed by atoms with Gasteiger partial charge in [0.25, 0.3) is 0 Å². The zero-order valence-electron chi connectivity index (χ0n) is 15.8. The molecule has 2 bridgehead atoms. The summed E-state index contributed by atoms with van der Waals surface area (Å²) in [4.78, 5) is 20.3. The number of likely N-dealkylation sites (N-methyl/N-ethyl adjacent to an activating group) is 1. The molecule has 1 amide bonds. The molecular weight excluding hydrogens is 314 g/mol. The second-order valence-electron chi connectivity index (χ2n) is 8.50. The van der Waals surface area contributed by atoms with Gasteiger partial charge in [-0.05, 0) is 46.2 Å². The van der Waals surface area contributed by atoms with Crippen LogP contribution in [0.4, 0.5) is 0 Å². The number of carbonyl (C=O) groups excluding carboxylic acids is 1. The van der Waals surface area contributed by atoms with Crippen LogP contribution in [-0.2, 0) is 18.4 Å². The van der Waals surface area contributed by atoms with Crippen molar-refractivity contribution in [3.63, 3.8) is 0 Å². The van der Waals surface area contributed by atoms with E-state index in [1.807, 2.05) is 17.9 Å². The predicted octanol–water partition coefficient (Wildman–Crippen LogP) is 1.33. The van der Waals surface area contributed by atoms with Crippen LogP contribution >= 0.6 is 0 Å². The topological polar surface area (TPSA) is 44.6 Å². The number of amides is 1. The zero-order chi connectivity index (χ0) is 17.6. The first-order valence-corrected chi connectivity index (χ1v) is 9.67. The molecule has 3 atom stereocenters. The average molecular weight is 345 g/mol. The highest BCUT2D eigenvalue weighted by atomic mass is 16.2. The second kappa shape index (κ2) is 6.40. The smallest absolute Gasteiger partial charge is 0.230 e. The fraction of sp³-hybridized carbons (Fsp3) is 0.789. The van der Waals surface area contributed by atoms with Gasteiger partial charge in [-0.15, -0.1) is 0 Å². The Morgan fingerprint density at radius 1 is 1.36 bits per heavy atom.